The van der Waals surface area contributed by atoms with Gasteiger partial charge in [-0.3, -0.25) is 4.79 Å². The number of hydrogen-bond acceptors (Lipinski definition) is 3. The third-order valence-corrected chi connectivity index (χ3v) is 8.78. The third kappa shape index (κ3) is 2.37. The molecule has 0 unspecified atom stereocenters. The second-order valence-corrected chi connectivity index (χ2v) is 10.2. The Morgan fingerprint density at radius 3 is 2.60 bits per heavy atom. The number of allylic oxidation sites excluding steroid dienone is 1. The summed E-state index contributed by atoms with van der Waals surface area (Å²) in [5, 5.41) is 9.78. The highest BCUT2D eigenvalue weighted by molar-refractivity contribution is 5.66. The van der Waals surface area contributed by atoms with Crippen LogP contribution in [0.15, 0.2) is 11.6 Å². The molecule has 0 heterocycles. The summed E-state index contributed by atoms with van der Waals surface area (Å²) < 4.78 is 5.75. The topological polar surface area (TPSA) is 46.5 Å². The van der Waals surface area contributed by atoms with Crippen LogP contribution in [0.5, 0.6) is 0 Å². The molecule has 1 N–H and O–H groups in total. The molecule has 0 radical (unpaired) electrons. The summed E-state index contributed by atoms with van der Waals surface area (Å²) in [6.07, 6.45) is 11.0. The van der Waals surface area contributed by atoms with Gasteiger partial charge in [0.05, 0.1) is 6.61 Å². The van der Waals surface area contributed by atoms with Crippen LogP contribution in [-0.2, 0) is 9.53 Å². The minimum atomic E-state index is -0.138. The van der Waals surface area contributed by atoms with E-state index in [1.165, 1.54) is 44.1 Å². The largest absolute Gasteiger partial charge is 0.462 e. The van der Waals surface area contributed by atoms with Crippen molar-refractivity contribution < 1.29 is 14.6 Å². The van der Waals surface area contributed by atoms with E-state index in [1.807, 2.05) is 0 Å². The van der Waals surface area contributed by atoms with Gasteiger partial charge in [-0.15, -0.1) is 0 Å². The number of hydrogen-bond donors (Lipinski definition) is 1. The number of esters is 1. The predicted octanol–water partition coefficient (Wildman–Crippen LogP) is 4.49. The van der Waals surface area contributed by atoms with E-state index < -0.39 is 0 Å². The van der Waals surface area contributed by atoms with Crippen LogP contribution >= 0.6 is 0 Å². The van der Waals surface area contributed by atoms with Gasteiger partial charge in [0.15, 0.2) is 0 Å². The average molecular weight is 347 g/mol. The molecule has 3 saturated carbocycles. The Morgan fingerprint density at radius 1 is 1.16 bits per heavy atom. The first-order chi connectivity index (χ1) is 11.7. The van der Waals surface area contributed by atoms with Gasteiger partial charge in [0.25, 0.3) is 0 Å². The summed E-state index contributed by atoms with van der Waals surface area (Å²) in [5.74, 6) is 1.82. The molecule has 4 aliphatic rings. The number of rotatable bonds is 2. The molecule has 2 bridgehead atoms. The van der Waals surface area contributed by atoms with Gasteiger partial charge in [-0.1, -0.05) is 26.8 Å². The fraction of sp³-hybridized carbons (Fsp3) is 0.864. The first kappa shape index (κ1) is 17.6. The summed E-state index contributed by atoms with van der Waals surface area (Å²) >= 11 is 0. The average Bonchev–Trinajstić information content (AvgIpc) is 2.80. The Kier molecular flexibility index (Phi) is 3.92. The van der Waals surface area contributed by atoms with Gasteiger partial charge in [0.1, 0.15) is 6.10 Å². The molecule has 1 spiro atoms. The Morgan fingerprint density at radius 2 is 1.92 bits per heavy atom. The summed E-state index contributed by atoms with van der Waals surface area (Å²) in [6, 6.07) is 0. The minimum absolute atomic E-state index is 0.0409. The van der Waals surface area contributed by atoms with Gasteiger partial charge in [0, 0.05) is 12.3 Å². The molecule has 0 aromatic heterocycles. The molecule has 0 aromatic rings. The van der Waals surface area contributed by atoms with Crippen molar-refractivity contribution in [3.8, 4) is 0 Å². The summed E-state index contributed by atoms with van der Waals surface area (Å²) in [4.78, 5) is 11.6. The molecule has 0 amide bonds. The van der Waals surface area contributed by atoms with Crippen LogP contribution in [0.1, 0.15) is 72.6 Å². The van der Waals surface area contributed by atoms with Crippen LogP contribution in [0.4, 0.5) is 0 Å². The molecule has 3 nitrogen and oxygen atoms in total. The Hall–Kier alpha value is -0.830. The molecule has 4 aliphatic carbocycles. The SMILES string of the molecule is CC(=O)O[C@H]1CC[C@]2(C)[C@H](CC[C@]34C=C(CO)[C@H](CC[C@H]32)C4)C1(C)C. The number of ether oxygens (including phenoxy) is 1. The lowest BCUT2D eigenvalue weighted by Gasteiger charge is -2.64. The van der Waals surface area contributed by atoms with E-state index in [-0.39, 0.29) is 24.1 Å². The van der Waals surface area contributed by atoms with Crippen LogP contribution in [0.3, 0.4) is 0 Å². The fourth-order valence-corrected chi connectivity index (χ4v) is 7.84. The van der Waals surface area contributed by atoms with Crippen LogP contribution in [0.2, 0.25) is 0 Å². The van der Waals surface area contributed by atoms with E-state index in [9.17, 15) is 9.90 Å². The Balaban J connectivity index is 1.67. The molecule has 25 heavy (non-hydrogen) atoms. The number of carbonyl (C=O) groups excluding carboxylic acids is 1. The van der Waals surface area contributed by atoms with Gasteiger partial charge in [0.2, 0.25) is 0 Å². The molecular weight excluding hydrogens is 312 g/mol. The van der Waals surface area contributed by atoms with Crippen molar-refractivity contribution in [1.82, 2.24) is 0 Å². The number of aliphatic hydroxyl groups is 1. The molecule has 140 valence electrons. The van der Waals surface area contributed by atoms with E-state index in [2.05, 4.69) is 26.8 Å². The lowest BCUT2D eigenvalue weighted by molar-refractivity contribution is -0.192. The highest BCUT2D eigenvalue weighted by Crippen LogP contribution is 2.70. The lowest BCUT2D eigenvalue weighted by atomic mass is 9.41. The number of fused-ring (bicyclic) bond motifs is 3. The van der Waals surface area contributed by atoms with E-state index in [0.717, 1.165) is 12.3 Å². The first-order valence-electron chi connectivity index (χ1n) is 10.2. The third-order valence-electron chi connectivity index (χ3n) is 8.78. The van der Waals surface area contributed by atoms with E-state index in [1.54, 1.807) is 6.92 Å². The highest BCUT2D eigenvalue weighted by Gasteiger charge is 2.64. The monoisotopic (exact) mass is 346 g/mol. The smallest absolute Gasteiger partial charge is 0.302 e. The highest BCUT2D eigenvalue weighted by atomic mass is 16.5. The van der Waals surface area contributed by atoms with E-state index in [4.69, 9.17) is 4.74 Å². The zero-order chi connectivity index (χ0) is 18.0. The standard InChI is InChI=1S/C22H34O3/c1-14(24)25-19-8-9-21(4)17(20(19,2)3)7-10-22-11-15(5-6-18(21)22)16(12-22)13-23/h12,15,17-19,23H,5-11,13H2,1-4H3/t15-,17-,18+,19+,21-,22+/m1/s1. The molecule has 4 rings (SSSR count). The van der Waals surface area contributed by atoms with Crippen molar-refractivity contribution in [3.05, 3.63) is 11.6 Å². The first-order valence-corrected chi connectivity index (χ1v) is 10.2. The zero-order valence-electron chi connectivity index (χ0n) is 16.3. The molecular formula is C22H34O3. The summed E-state index contributed by atoms with van der Waals surface area (Å²) in [5.41, 5.74) is 2.01. The summed E-state index contributed by atoms with van der Waals surface area (Å²) in [7, 11) is 0. The second-order valence-electron chi connectivity index (χ2n) is 10.2. The van der Waals surface area contributed by atoms with E-state index >= 15 is 0 Å². The van der Waals surface area contributed by atoms with Crippen molar-refractivity contribution >= 4 is 5.97 Å². The van der Waals surface area contributed by atoms with Crippen molar-refractivity contribution in [2.24, 2.45) is 34.0 Å². The maximum absolute atomic E-state index is 11.6. The maximum Gasteiger partial charge on any atom is 0.302 e. The molecule has 0 aromatic carbocycles. The zero-order valence-corrected chi connectivity index (χ0v) is 16.3. The molecule has 3 heteroatoms. The minimum Gasteiger partial charge on any atom is -0.462 e. The van der Waals surface area contributed by atoms with Gasteiger partial charge in [-0.05, 0) is 79.1 Å². The number of aliphatic hydroxyl groups excluding tert-OH is 1. The van der Waals surface area contributed by atoms with Crippen LogP contribution < -0.4 is 0 Å². The Labute approximate surface area is 152 Å². The fourth-order valence-electron chi connectivity index (χ4n) is 7.84. The molecule has 0 saturated heterocycles. The summed E-state index contributed by atoms with van der Waals surface area (Å²) in [6.45, 7) is 8.98. The quantitative estimate of drug-likeness (QED) is 0.592. The van der Waals surface area contributed by atoms with Gasteiger partial charge >= 0.3 is 5.97 Å². The maximum atomic E-state index is 11.6. The number of carbonyl (C=O) groups is 1. The lowest BCUT2D eigenvalue weighted by Crippen LogP contribution is -2.59. The Bertz CT molecular complexity index is 606. The second kappa shape index (κ2) is 5.58. The van der Waals surface area contributed by atoms with Gasteiger partial charge < -0.3 is 9.84 Å². The normalized spacial score (nSPS) is 47.5. The van der Waals surface area contributed by atoms with Gasteiger partial charge in [-0.2, -0.15) is 0 Å². The molecule has 6 atom stereocenters. The van der Waals surface area contributed by atoms with Crippen LogP contribution in [-0.4, -0.2) is 23.8 Å². The van der Waals surface area contributed by atoms with Gasteiger partial charge in [-0.25, -0.2) is 0 Å². The van der Waals surface area contributed by atoms with Crippen LogP contribution in [0.25, 0.3) is 0 Å². The molecule has 0 aliphatic heterocycles. The van der Waals surface area contributed by atoms with E-state index in [0.29, 0.717) is 22.7 Å². The predicted molar refractivity (Wildman–Crippen MR) is 97.8 cm³/mol. The van der Waals surface area contributed by atoms with Crippen molar-refractivity contribution in [1.29, 1.82) is 0 Å². The van der Waals surface area contributed by atoms with Crippen molar-refractivity contribution in [3.63, 3.8) is 0 Å². The van der Waals surface area contributed by atoms with Crippen LogP contribution in [0, 0.1) is 34.0 Å². The van der Waals surface area contributed by atoms with Crippen molar-refractivity contribution in [2.75, 3.05) is 6.61 Å². The molecule has 3 fully saturated rings. The van der Waals surface area contributed by atoms with Crippen molar-refractivity contribution in [2.45, 2.75) is 78.7 Å².